The van der Waals surface area contributed by atoms with Gasteiger partial charge in [-0.05, 0) is 24.9 Å². The zero-order valence-electron chi connectivity index (χ0n) is 15.3. The lowest BCUT2D eigenvalue weighted by molar-refractivity contribution is -0.121. The second kappa shape index (κ2) is 8.26. The average Bonchev–Trinajstić information content (AvgIpc) is 3.35. The summed E-state index contributed by atoms with van der Waals surface area (Å²) in [6.07, 6.45) is 5.71. The van der Waals surface area contributed by atoms with E-state index in [1.165, 1.54) is 5.56 Å². The third-order valence-electron chi connectivity index (χ3n) is 4.97. The lowest BCUT2D eigenvalue weighted by Crippen LogP contribution is -2.27. The van der Waals surface area contributed by atoms with Crippen molar-refractivity contribution in [2.24, 2.45) is 0 Å². The summed E-state index contributed by atoms with van der Waals surface area (Å²) < 4.78 is 1.87. The van der Waals surface area contributed by atoms with E-state index in [0.29, 0.717) is 25.4 Å². The number of carbonyl (C=O) groups excluding carboxylic acids is 1. The normalized spacial score (nSPS) is 16.7. The highest BCUT2D eigenvalue weighted by Crippen LogP contribution is 2.26. The van der Waals surface area contributed by atoms with Crippen LogP contribution in [-0.4, -0.2) is 45.3 Å². The number of nitrogens with zero attached hydrogens (tertiary/aromatic N) is 4. The van der Waals surface area contributed by atoms with Crippen LogP contribution in [0.3, 0.4) is 0 Å². The van der Waals surface area contributed by atoms with Crippen molar-refractivity contribution in [2.75, 3.05) is 19.6 Å². The smallest absolute Gasteiger partial charge is 0.220 e. The van der Waals surface area contributed by atoms with Crippen LogP contribution in [0.4, 0.5) is 0 Å². The Morgan fingerprint density at radius 3 is 2.89 bits per heavy atom. The van der Waals surface area contributed by atoms with E-state index in [4.69, 9.17) is 5.10 Å². The lowest BCUT2D eigenvalue weighted by atomic mass is 10.0. The first-order valence-corrected chi connectivity index (χ1v) is 9.50. The Kier molecular flexibility index (Phi) is 5.39. The van der Waals surface area contributed by atoms with Crippen molar-refractivity contribution in [3.63, 3.8) is 0 Å². The third kappa shape index (κ3) is 4.14. The fraction of sp³-hybridized carbons (Fsp3) is 0.400. The summed E-state index contributed by atoms with van der Waals surface area (Å²) >= 11 is 0. The number of hydrogen-bond acceptors (Lipinski definition) is 5. The van der Waals surface area contributed by atoms with E-state index in [1.54, 1.807) is 12.4 Å². The number of amides is 1. The largest absolute Gasteiger partial charge is 0.354 e. The van der Waals surface area contributed by atoms with Gasteiger partial charge in [0.2, 0.25) is 5.91 Å². The van der Waals surface area contributed by atoms with Gasteiger partial charge in [0.15, 0.2) is 5.65 Å². The molecule has 27 heavy (non-hydrogen) atoms. The van der Waals surface area contributed by atoms with E-state index in [9.17, 15) is 4.79 Å². The minimum atomic E-state index is 0.0571. The molecule has 0 unspecified atom stereocenters. The first-order chi connectivity index (χ1) is 13.3. The quantitative estimate of drug-likeness (QED) is 0.666. The number of benzene rings is 1. The molecule has 1 aliphatic heterocycles. The van der Waals surface area contributed by atoms with Gasteiger partial charge in [-0.2, -0.15) is 5.10 Å². The van der Waals surface area contributed by atoms with Gasteiger partial charge in [-0.25, -0.2) is 14.6 Å². The fourth-order valence-electron chi connectivity index (χ4n) is 3.54. The van der Waals surface area contributed by atoms with Crippen LogP contribution in [0, 0.1) is 0 Å². The minimum Gasteiger partial charge on any atom is -0.354 e. The van der Waals surface area contributed by atoms with Crippen molar-refractivity contribution in [1.82, 2.24) is 30.4 Å². The number of hydrogen-bond donors (Lipinski definition) is 2. The van der Waals surface area contributed by atoms with E-state index < -0.39 is 0 Å². The van der Waals surface area contributed by atoms with E-state index in [1.807, 2.05) is 35.0 Å². The molecular weight excluding hydrogens is 340 g/mol. The molecule has 1 saturated heterocycles. The summed E-state index contributed by atoms with van der Waals surface area (Å²) in [7, 11) is 0. The maximum absolute atomic E-state index is 12.1. The van der Waals surface area contributed by atoms with Crippen molar-refractivity contribution in [2.45, 2.75) is 31.7 Å². The zero-order chi connectivity index (χ0) is 18.5. The van der Waals surface area contributed by atoms with Crippen LogP contribution in [0.5, 0.6) is 0 Å². The van der Waals surface area contributed by atoms with E-state index in [2.05, 4.69) is 20.6 Å². The molecule has 7 heteroatoms. The molecule has 140 valence electrons. The third-order valence-corrected chi connectivity index (χ3v) is 4.97. The predicted molar refractivity (Wildman–Crippen MR) is 103 cm³/mol. The van der Waals surface area contributed by atoms with Crippen LogP contribution in [0.15, 0.2) is 42.7 Å². The van der Waals surface area contributed by atoms with Gasteiger partial charge in [-0.3, -0.25) is 4.79 Å². The molecule has 3 heterocycles. The molecule has 0 spiro atoms. The van der Waals surface area contributed by atoms with Gasteiger partial charge < -0.3 is 10.6 Å². The number of fused-ring (bicyclic) bond motifs is 1. The van der Waals surface area contributed by atoms with Gasteiger partial charge in [0.1, 0.15) is 5.52 Å². The van der Waals surface area contributed by atoms with Crippen molar-refractivity contribution in [1.29, 1.82) is 0 Å². The SMILES string of the molecule is O=C(CCc1ccccc1)NCCn1nc([C@@H]2CCNC2)c2nccnc21. The van der Waals surface area contributed by atoms with Crippen molar-refractivity contribution >= 4 is 17.1 Å². The number of aryl methyl sites for hydroxylation is 1. The van der Waals surface area contributed by atoms with Crippen molar-refractivity contribution in [3.05, 3.63) is 54.0 Å². The van der Waals surface area contributed by atoms with Gasteiger partial charge in [-0.15, -0.1) is 0 Å². The first-order valence-electron chi connectivity index (χ1n) is 9.50. The molecule has 0 aliphatic carbocycles. The number of rotatable bonds is 7. The number of aromatic nitrogens is 4. The molecule has 0 radical (unpaired) electrons. The Balaban J connectivity index is 1.35. The second-order valence-electron chi connectivity index (χ2n) is 6.86. The molecule has 1 aromatic carbocycles. The van der Waals surface area contributed by atoms with Crippen molar-refractivity contribution in [3.8, 4) is 0 Å². The zero-order valence-corrected chi connectivity index (χ0v) is 15.3. The Morgan fingerprint density at radius 1 is 1.22 bits per heavy atom. The topological polar surface area (TPSA) is 84.7 Å². The van der Waals surface area contributed by atoms with Gasteiger partial charge in [0, 0.05) is 37.8 Å². The molecule has 3 aromatic rings. The maximum atomic E-state index is 12.1. The Hall–Kier alpha value is -2.80. The summed E-state index contributed by atoms with van der Waals surface area (Å²) in [5, 5.41) is 11.1. The molecule has 0 bridgehead atoms. The molecule has 1 aliphatic rings. The summed E-state index contributed by atoms with van der Waals surface area (Å²) in [5.41, 5.74) is 3.86. The van der Waals surface area contributed by atoms with Crippen molar-refractivity contribution < 1.29 is 4.79 Å². The Bertz CT molecular complexity index is 901. The standard InChI is InChI=1S/C20H24N6O/c27-17(7-6-15-4-2-1-3-5-15)22-12-13-26-20-19(23-10-11-24-20)18(25-26)16-8-9-21-14-16/h1-5,10-11,16,21H,6-9,12-14H2,(H,22,27)/t16-/m1/s1. The van der Waals surface area contributed by atoms with E-state index >= 15 is 0 Å². The molecule has 2 aromatic heterocycles. The molecule has 0 saturated carbocycles. The summed E-state index contributed by atoms with van der Waals surface area (Å²) in [6.45, 7) is 3.06. The van der Waals surface area contributed by atoms with Gasteiger partial charge >= 0.3 is 0 Å². The van der Waals surface area contributed by atoms with Crippen LogP contribution >= 0.6 is 0 Å². The highest BCUT2D eigenvalue weighted by Gasteiger charge is 2.24. The van der Waals surface area contributed by atoms with E-state index in [-0.39, 0.29) is 5.91 Å². The van der Waals surface area contributed by atoms with Gasteiger partial charge in [-0.1, -0.05) is 30.3 Å². The molecule has 2 N–H and O–H groups in total. The minimum absolute atomic E-state index is 0.0571. The van der Waals surface area contributed by atoms with Gasteiger partial charge in [0.05, 0.1) is 12.2 Å². The van der Waals surface area contributed by atoms with Crippen LogP contribution in [0.2, 0.25) is 0 Å². The molecule has 1 atom stereocenters. The number of carbonyl (C=O) groups is 1. The van der Waals surface area contributed by atoms with Crippen LogP contribution in [-0.2, 0) is 17.8 Å². The summed E-state index contributed by atoms with van der Waals surface area (Å²) in [6, 6.07) is 10.1. The molecular formula is C20H24N6O. The highest BCUT2D eigenvalue weighted by atomic mass is 16.1. The molecule has 4 rings (SSSR count). The molecule has 1 fully saturated rings. The fourth-order valence-corrected chi connectivity index (χ4v) is 3.54. The molecule has 1 amide bonds. The average molecular weight is 364 g/mol. The monoisotopic (exact) mass is 364 g/mol. The molecule has 7 nitrogen and oxygen atoms in total. The number of nitrogens with one attached hydrogen (secondary N) is 2. The lowest BCUT2D eigenvalue weighted by Gasteiger charge is -2.06. The second-order valence-corrected chi connectivity index (χ2v) is 6.86. The van der Waals surface area contributed by atoms with Gasteiger partial charge in [0.25, 0.3) is 0 Å². The summed E-state index contributed by atoms with van der Waals surface area (Å²) in [5.74, 6) is 0.438. The highest BCUT2D eigenvalue weighted by molar-refractivity contribution is 5.76. The Morgan fingerprint density at radius 2 is 2.07 bits per heavy atom. The predicted octanol–water partition coefficient (Wildman–Crippen LogP) is 1.65. The van der Waals surface area contributed by atoms with Crippen LogP contribution in [0.1, 0.15) is 30.0 Å². The van der Waals surface area contributed by atoms with Crippen LogP contribution in [0.25, 0.3) is 11.2 Å². The Labute approximate surface area is 158 Å². The summed E-state index contributed by atoms with van der Waals surface area (Å²) in [4.78, 5) is 21.1. The maximum Gasteiger partial charge on any atom is 0.220 e. The van der Waals surface area contributed by atoms with E-state index in [0.717, 1.165) is 42.8 Å². The first kappa shape index (κ1) is 17.6. The van der Waals surface area contributed by atoms with Crippen LogP contribution < -0.4 is 10.6 Å².